The number of carbonyl (C=O) groups excluding carboxylic acids is 3. The molecule has 35 heavy (non-hydrogen) atoms. The number of alkyl halides is 6. The first-order valence-electron chi connectivity index (χ1n) is 9.51. The van der Waals surface area contributed by atoms with Gasteiger partial charge in [0.1, 0.15) is 9.75 Å². The fourth-order valence-corrected chi connectivity index (χ4v) is 4.43. The summed E-state index contributed by atoms with van der Waals surface area (Å²) in [5.74, 6) is -2.12. The Bertz CT molecular complexity index is 1000. The van der Waals surface area contributed by atoms with E-state index in [4.69, 9.17) is 9.47 Å². The molecular weight excluding hydrogens is 530 g/mol. The van der Waals surface area contributed by atoms with Gasteiger partial charge in [0, 0.05) is 13.2 Å². The predicted molar refractivity (Wildman–Crippen MR) is 113 cm³/mol. The second-order valence-corrected chi connectivity index (χ2v) is 8.29. The topological polar surface area (TPSA) is 88.1 Å². The lowest BCUT2D eigenvalue weighted by atomic mass is 10.2. The minimum absolute atomic E-state index is 0.164. The van der Waals surface area contributed by atoms with Gasteiger partial charge in [0.05, 0.1) is 35.1 Å². The van der Waals surface area contributed by atoms with Crippen molar-refractivity contribution in [3.8, 4) is 0 Å². The normalized spacial score (nSPS) is 11.6. The van der Waals surface area contributed by atoms with Crippen molar-refractivity contribution in [3.05, 3.63) is 42.8 Å². The van der Waals surface area contributed by atoms with Crippen LogP contribution < -0.4 is 0 Å². The molecule has 0 aliphatic heterocycles. The molecule has 0 N–H and O–H groups in total. The van der Waals surface area contributed by atoms with E-state index in [2.05, 4.69) is 9.47 Å². The molecule has 15 heteroatoms. The van der Waals surface area contributed by atoms with Crippen LogP contribution in [0, 0.1) is 0 Å². The average molecular weight is 550 g/mol. The zero-order valence-corrected chi connectivity index (χ0v) is 20.3. The van der Waals surface area contributed by atoms with Crippen LogP contribution in [0.1, 0.15) is 65.2 Å². The monoisotopic (exact) mass is 550 g/mol. The van der Waals surface area contributed by atoms with Gasteiger partial charge >= 0.3 is 24.3 Å². The fraction of sp³-hybridized carbons (Fsp3) is 0.450. The summed E-state index contributed by atoms with van der Waals surface area (Å²) in [5.41, 5.74) is -2.17. The Balaban J connectivity index is 0.000000365. The molecule has 0 radical (unpaired) electrons. The Labute approximate surface area is 203 Å². The maximum absolute atomic E-state index is 12.9. The van der Waals surface area contributed by atoms with Crippen molar-refractivity contribution in [3.63, 3.8) is 0 Å². The van der Waals surface area contributed by atoms with Crippen LogP contribution in [-0.2, 0) is 31.3 Å². The third-order valence-corrected chi connectivity index (χ3v) is 6.02. The summed E-state index contributed by atoms with van der Waals surface area (Å²) >= 11 is 1.12. The first-order valence-corrected chi connectivity index (χ1v) is 11.1. The number of carbonyl (C=O) groups is 3. The van der Waals surface area contributed by atoms with Crippen LogP contribution in [0.2, 0.25) is 0 Å². The number of halogens is 6. The van der Waals surface area contributed by atoms with Gasteiger partial charge in [-0.2, -0.15) is 26.3 Å². The average Bonchev–Trinajstić information content (AvgIpc) is 3.43. The third-order valence-electron chi connectivity index (χ3n) is 3.84. The first kappa shape index (κ1) is 30.5. The van der Waals surface area contributed by atoms with Crippen molar-refractivity contribution < 1.29 is 59.7 Å². The smallest absolute Gasteiger partial charge is 0.418 e. The molecule has 0 amide bonds. The molecule has 0 aliphatic carbocycles. The second-order valence-electron chi connectivity index (χ2n) is 6.12. The maximum atomic E-state index is 12.9. The van der Waals surface area contributed by atoms with E-state index in [9.17, 15) is 40.7 Å². The van der Waals surface area contributed by atoms with Gasteiger partial charge in [-0.05, 0) is 26.0 Å². The largest absolute Gasteiger partial charge is 0.465 e. The van der Waals surface area contributed by atoms with Crippen molar-refractivity contribution in [2.75, 3.05) is 27.4 Å². The van der Waals surface area contributed by atoms with Crippen LogP contribution in [0.15, 0.2) is 12.1 Å². The standard InChI is InChI=1S/C12H15F3O4S.C8H5F3O3S/c1-4-18-11(19-5-2)8-6-7(12(13,14)15)9(20-8)10(16)17-3;1-14-7(13)6-5(8(9,10)11)2-4(3-12)15-6/h6,11H,4-5H2,1-3H3;2-3H,1H3. The molecule has 0 spiro atoms. The molecule has 0 unspecified atom stereocenters. The summed E-state index contributed by atoms with van der Waals surface area (Å²) in [5, 5.41) is 0. The molecule has 7 nitrogen and oxygen atoms in total. The number of hydrogen-bond acceptors (Lipinski definition) is 9. The molecule has 2 rings (SSSR count). The van der Waals surface area contributed by atoms with Crippen molar-refractivity contribution in [1.29, 1.82) is 0 Å². The molecule has 0 saturated heterocycles. The molecule has 2 aromatic rings. The number of ether oxygens (including phenoxy) is 4. The quantitative estimate of drug-likeness (QED) is 0.173. The molecule has 0 aromatic carbocycles. The van der Waals surface area contributed by atoms with Crippen molar-refractivity contribution >= 4 is 40.9 Å². The van der Waals surface area contributed by atoms with Crippen LogP contribution in [0.3, 0.4) is 0 Å². The van der Waals surface area contributed by atoms with Gasteiger partial charge in [0.2, 0.25) is 0 Å². The van der Waals surface area contributed by atoms with Crippen LogP contribution >= 0.6 is 22.7 Å². The number of hydrogen-bond donors (Lipinski definition) is 0. The first-order chi connectivity index (χ1) is 16.2. The van der Waals surface area contributed by atoms with Crippen molar-refractivity contribution in [2.45, 2.75) is 32.5 Å². The SMILES string of the molecule is CCOC(OCC)c1cc(C(F)(F)F)c(C(=O)OC)s1.COC(=O)c1sc(C=O)cc1C(F)(F)F. The zero-order chi connectivity index (χ0) is 27.0. The van der Waals surface area contributed by atoms with E-state index in [-0.39, 0.29) is 29.3 Å². The highest BCUT2D eigenvalue weighted by atomic mass is 32.1. The number of methoxy groups -OCH3 is 2. The summed E-state index contributed by atoms with van der Waals surface area (Å²) in [4.78, 5) is 31.6. The highest BCUT2D eigenvalue weighted by Gasteiger charge is 2.39. The van der Waals surface area contributed by atoms with Crippen LogP contribution in [-0.4, -0.2) is 45.7 Å². The van der Waals surface area contributed by atoms with Gasteiger partial charge in [-0.25, -0.2) is 9.59 Å². The van der Waals surface area contributed by atoms with Crippen LogP contribution in [0.25, 0.3) is 0 Å². The van der Waals surface area contributed by atoms with Gasteiger partial charge in [-0.3, -0.25) is 4.79 Å². The molecule has 2 heterocycles. The van der Waals surface area contributed by atoms with E-state index in [1.807, 2.05) is 0 Å². The Hall–Kier alpha value is -2.49. The van der Waals surface area contributed by atoms with Gasteiger partial charge < -0.3 is 18.9 Å². The van der Waals surface area contributed by atoms with E-state index < -0.39 is 51.5 Å². The van der Waals surface area contributed by atoms with E-state index in [0.29, 0.717) is 28.7 Å². The summed E-state index contributed by atoms with van der Waals surface area (Å²) in [6.45, 7) is 3.95. The van der Waals surface area contributed by atoms with Crippen molar-refractivity contribution in [2.24, 2.45) is 0 Å². The van der Waals surface area contributed by atoms with Gasteiger partial charge in [-0.1, -0.05) is 0 Å². The van der Waals surface area contributed by atoms with Crippen LogP contribution in [0.4, 0.5) is 26.3 Å². The molecule has 0 saturated carbocycles. The highest BCUT2D eigenvalue weighted by molar-refractivity contribution is 7.15. The summed E-state index contributed by atoms with van der Waals surface area (Å²) in [6.07, 6.45) is -9.97. The predicted octanol–water partition coefficient (Wildman–Crippen LogP) is 5.99. The minimum Gasteiger partial charge on any atom is -0.465 e. The lowest BCUT2D eigenvalue weighted by Crippen LogP contribution is -2.11. The van der Waals surface area contributed by atoms with E-state index >= 15 is 0 Å². The minimum atomic E-state index is -4.67. The highest BCUT2D eigenvalue weighted by Crippen LogP contribution is 2.40. The third kappa shape index (κ3) is 8.30. The van der Waals surface area contributed by atoms with Gasteiger partial charge in [0.25, 0.3) is 0 Å². The fourth-order valence-electron chi connectivity index (χ4n) is 2.42. The lowest BCUT2D eigenvalue weighted by molar-refractivity contribution is -0.141. The molecule has 0 atom stereocenters. The molecule has 0 aliphatic rings. The van der Waals surface area contributed by atoms with E-state index in [1.165, 1.54) is 0 Å². The summed E-state index contributed by atoms with van der Waals surface area (Å²) in [6, 6.07) is 1.50. The summed E-state index contributed by atoms with van der Waals surface area (Å²) in [7, 11) is 2.01. The van der Waals surface area contributed by atoms with E-state index in [1.54, 1.807) is 13.8 Å². The molecule has 0 bridgehead atoms. The van der Waals surface area contributed by atoms with Gasteiger partial charge in [-0.15, -0.1) is 22.7 Å². The van der Waals surface area contributed by atoms with E-state index in [0.717, 1.165) is 20.3 Å². The Kier molecular flexibility index (Phi) is 11.3. The van der Waals surface area contributed by atoms with Crippen LogP contribution in [0.5, 0.6) is 0 Å². The Morgan fingerprint density at radius 2 is 1.29 bits per heavy atom. The molecule has 196 valence electrons. The lowest BCUT2D eigenvalue weighted by Gasteiger charge is -2.14. The maximum Gasteiger partial charge on any atom is 0.418 e. The Morgan fingerprint density at radius 1 is 0.857 bits per heavy atom. The summed E-state index contributed by atoms with van der Waals surface area (Å²) < 4.78 is 94.9. The molecular formula is C20H20F6O7S2. The number of esters is 2. The second kappa shape index (κ2) is 13.0. The molecule has 2 aromatic heterocycles. The Morgan fingerprint density at radius 3 is 1.66 bits per heavy atom. The molecule has 0 fully saturated rings. The van der Waals surface area contributed by atoms with Crippen molar-refractivity contribution in [1.82, 2.24) is 0 Å². The number of rotatable bonds is 8. The van der Waals surface area contributed by atoms with Gasteiger partial charge in [0.15, 0.2) is 12.6 Å². The number of thiophene rings is 2. The zero-order valence-electron chi connectivity index (χ0n) is 18.7. The number of aldehydes is 1.